The van der Waals surface area contributed by atoms with Crippen LogP contribution in [0.4, 0.5) is 22.7 Å². The summed E-state index contributed by atoms with van der Waals surface area (Å²) in [7, 11) is 0. The summed E-state index contributed by atoms with van der Waals surface area (Å²) in [5, 5.41) is 1.17. The lowest BCUT2D eigenvalue weighted by Crippen LogP contribution is -2.70. The normalized spacial score (nSPS) is 21.6. The van der Waals surface area contributed by atoms with Crippen molar-refractivity contribution in [2.45, 2.75) is 103 Å². The molecule has 0 bridgehead atoms. The van der Waals surface area contributed by atoms with E-state index >= 15 is 0 Å². The van der Waals surface area contributed by atoms with Crippen molar-refractivity contribution in [3.8, 4) is 22.3 Å². The number of anilines is 4. The van der Waals surface area contributed by atoms with E-state index in [1.807, 2.05) is 0 Å². The number of hydrogen-bond donors (Lipinski definition) is 0. The molecule has 4 heterocycles. The van der Waals surface area contributed by atoms with Crippen molar-refractivity contribution in [2.75, 3.05) is 9.71 Å². The molecule has 2 atom stereocenters. The van der Waals surface area contributed by atoms with E-state index in [0.29, 0.717) is 0 Å². The van der Waals surface area contributed by atoms with E-state index in [-0.39, 0.29) is 28.6 Å². The Balaban J connectivity index is 1.36. The summed E-state index contributed by atoms with van der Waals surface area (Å²) in [5.74, 6) is 0. The highest BCUT2D eigenvalue weighted by Gasteiger charge is 2.64. The molecule has 4 heteroatoms. The molecule has 0 radical (unpaired) electrons. The molecule has 260 valence electrons. The maximum absolute atomic E-state index is 7.26. The van der Waals surface area contributed by atoms with Crippen molar-refractivity contribution in [2.24, 2.45) is 0 Å². The van der Waals surface area contributed by atoms with E-state index in [1.54, 1.807) is 0 Å². The fourth-order valence-corrected chi connectivity index (χ4v) is 10.5. The Hall–Kier alpha value is -4.70. The van der Waals surface area contributed by atoms with Crippen LogP contribution >= 0.6 is 0 Å². The number of rotatable bonds is 2. The van der Waals surface area contributed by atoms with Crippen LogP contribution < -0.4 is 20.8 Å². The topological polar surface area (TPSA) is 19.6 Å². The van der Waals surface area contributed by atoms with E-state index in [4.69, 9.17) is 4.42 Å². The summed E-state index contributed by atoms with van der Waals surface area (Å²) in [4.78, 5) is 5.45. The van der Waals surface area contributed by atoms with Crippen molar-refractivity contribution >= 4 is 51.7 Å². The third-order valence-corrected chi connectivity index (χ3v) is 13.5. The minimum absolute atomic E-state index is 0.00707. The summed E-state index contributed by atoms with van der Waals surface area (Å²) >= 11 is 0. The second kappa shape index (κ2) is 10.5. The number of hydrogen-bond acceptors (Lipinski definition) is 3. The highest BCUT2D eigenvalue weighted by Crippen LogP contribution is 2.63. The van der Waals surface area contributed by atoms with E-state index in [2.05, 4.69) is 168 Å². The predicted octanol–water partition coefficient (Wildman–Crippen LogP) is 11.7. The summed E-state index contributed by atoms with van der Waals surface area (Å²) in [6.07, 6.45) is 4.90. The van der Waals surface area contributed by atoms with Crippen LogP contribution in [0.5, 0.6) is 0 Å². The van der Waals surface area contributed by atoms with Gasteiger partial charge in [0.15, 0.2) is 0 Å². The van der Waals surface area contributed by atoms with Gasteiger partial charge in [-0.15, -0.1) is 0 Å². The first-order valence-electron chi connectivity index (χ1n) is 19.4. The Morgan fingerprint density at radius 3 is 2.12 bits per heavy atom. The largest absolute Gasteiger partial charge is 0.466 e. The molecule has 10 rings (SSSR count). The first-order valence-corrected chi connectivity index (χ1v) is 19.4. The number of nitrogens with zero attached hydrogens (tertiary/aromatic N) is 2. The maximum Gasteiger partial charge on any atom is 0.371 e. The van der Waals surface area contributed by atoms with E-state index in [1.165, 1.54) is 98.2 Å². The number of benzene rings is 5. The second-order valence-electron chi connectivity index (χ2n) is 18.5. The van der Waals surface area contributed by atoms with Gasteiger partial charge in [0.25, 0.3) is 0 Å². The zero-order valence-electron chi connectivity index (χ0n) is 32.0. The van der Waals surface area contributed by atoms with Crippen molar-refractivity contribution in [1.82, 2.24) is 0 Å². The summed E-state index contributed by atoms with van der Waals surface area (Å²) < 4.78 is 7.26. The van der Waals surface area contributed by atoms with Gasteiger partial charge in [-0.1, -0.05) is 134 Å². The van der Waals surface area contributed by atoms with Gasteiger partial charge in [0.2, 0.25) is 0 Å². The van der Waals surface area contributed by atoms with Gasteiger partial charge >= 0.3 is 6.85 Å². The minimum Gasteiger partial charge on any atom is -0.466 e. The van der Waals surface area contributed by atoms with Crippen LogP contribution in [0, 0.1) is 0 Å². The smallest absolute Gasteiger partial charge is 0.371 e. The van der Waals surface area contributed by atoms with Crippen LogP contribution in [0.1, 0.15) is 97.8 Å². The molecular weight excluding hydrogens is 631 g/mol. The van der Waals surface area contributed by atoms with E-state index < -0.39 is 0 Å². The standard InChI is InChI=1S/C48H49BN2O/c1-45(2,3)31-23-24-38(35(27-31)30-17-10-9-11-18-30)50-39-29-32(46(4,5)6)28-36-33-20-16-21-37-42(33)51(48(8)26-15-14-25-47(37,48)7)49(41(36)39)44-43(50)34-19-12-13-22-40(34)52-44/h9-13,16-24,27-29H,14-15,25-26H2,1-8H3. The maximum atomic E-state index is 7.26. The van der Waals surface area contributed by atoms with Gasteiger partial charge in [0, 0.05) is 38.8 Å². The quantitative estimate of drug-likeness (QED) is 0.170. The molecule has 0 saturated heterocycles. The van der Waals surface area contributed by atoms with Gasteiger partial charge in [0.1, 0.15) is 11.2 Å². The molecular formula is C48H49BN2O. The highest BCUT2D eigenvalue weighted by molar-refractivity contribution is 6.92. The first-order chi connectivity index (χ1) is 24.8. The Labute approximate surface area is 309 Å². The average Bonchev–Trinajstić information content (AvgIpc) is 3.60. The second-order valence-corrected chi connectivity index (χ2v) is 18.5. The summed E-state index contributed by atoms with van der Waals surface area (Å²) in [6, 6.07) is 39.1. The first kappa shape index (κ1) is 32.0. The minimum atomic E-state index is -0.0508. The molecule has 4 aliphatic rings. The molecule has 1 saturated carbocycles. The molecule has 0 spiro atoms. The molecule has 52 heavy (non-hydrogen) atoms. The van der Waals surface area contributed by atoms with Gasteiger partial charge in [-0.2, -0.15) is 0 Å². The fraction of sp³-hybridized carbons (Fsp3) is 0.333. The van der Waals surface area contributed by atoms with Gasteiger partial charge in [-0.3, -0.25) is 0 Å². The van der Waals surface area contributed by atoms with Crippen LogP contribution in [-0.2, 0) is 16.2 Å². The Kier molecular flexibility index (Phi) is 6.44. The average molecular weight is 681 g/mol. The fourth-order valence-electron chi connectivity index (χ4n) is 10.5. The van der Waals surface area contributed by atoms with Crippen LogP contribution in [0.3, 0.4) is 0 Å². The van der Waals surface area contributed by atoms with E-state index in [9.17, 15) is 0 Å². The molecule has 1 aliphatic carbocycles. The number of para-hydroxylation sites is 2. The molecule has 3 nitrogen and oxygen atoms in total. The number of fused-ring (bicyclic) bond motifs is 9. The SMILES string of the molecule is CC(C)(C)c1ccc(N2c3cc(C(C)(C)C)cc4c3B(c3oc5ccccc5c32)N2c3c-4cccc3C3(C)CCCCC23C)c(-c2ccccc2)c1. The van der Waals surface area contributed by atoms with Crippen molar-refractivity contribution < 1.29 is 4.42 Å². The molecule has 2 unspecified atom stereocenters. The molecule has 0 amide bonds. The molecule has 1 fully saturated rings. The van der Waals surface area contributed by atoms with Gasteiger partial charge in [-0.25, -0.2) is 0 Å². The van der Waals surface area contributed by atoms with Crippen molar-refractivity contribution in [3.05, 3.63) is 120 Å². The summed E-state index contributed by atoms with van der Waals surface area (Å²) in [5.41, 5.74) is 17.8. The highest BCUT2D eigenvalue weighted by atomic mass is 16.3. The third kappa shape index (κ3) is 4.10. The van der Waals surface area contributed by atoms with Gasteiger partial charge in [0.05, 0.1) is 11.4 Å². The zero-order chi connectivity index (χ0) is 35.9. The Morgan fingerprint density at radius 2 is 1.35 bits per heavy atom. The number of furan rings is 1. The lowest BCUT2D eigenvalue weighted by Gasteiger charge is -2.54. The van der Waals surface area contributed by atoms with Crippen LogP contribution in [0.25, 0.3) is 33.2 Å². The lowest BCUT2D eigenvalue weighted by atomic mass is 9.44. The zero-order valence-corrected chi connectivity index (χ0v) is 32.0. The van der Waals surface area contributed by atoms with Gasteiger partial charge in [-0.05, 0) is 94.2 Å². The van der Waals surface area contributed by atoms with Crippen LogP contribution in [-0.4, -0.2) is 12.4 Å². The Bertz CT molecular complexity index is 2450. The molecule has 5 aromatic carbocycles. The van der Waals surface area contributed by atoms with E-state index in [0.717, 1.165) is 11.2 Å². The monoisotopic (exact) mass is 680 g/mol. The van der Waals surface area contributed by atoms with Crippen LogP contribution in [0.2, 0.25) is 0 Å². The van der Waals surface area contributed by atoms with Crippen LogP contribution in [0.15, 0.2) is 108 Å². The van der Waals surface area contributed by atoms with Crippen molar-refractivity contribution in [1.29, 1.82) is 0 Å². The van der Waals surface area contributed by atoms with Gasteiger partial charge < -0.3 is 14.1 Å². The lowest BCUT2D eigenvalue weighted by molar-refractivity contribution is 0.199. The summed E-state index contributed by atoms with van der Waals surface area (Å²) in [6.45, 7) is 19.1. The third-order valence-electron chi connectivity index (χ3n) is 13.5. The van der Waals surface area contributed by atoms with Crippen molar-refractivity contribution in [3.63, 3.8) is 0 Å². The molecule has 0 N–H and O–H groups in total. The predicted molar refractivity (Wildman–Crippen MR) is 221 cm³/mol. The molecule has 3 aliphatic heterocycles. The molecule has 1 aromatic heterocycles. The molecule has 6 aromatic rings. The Morgan fingerprint density at radius 1 is 0.635 bits per heavy atom.